The lowest BCUT2D eigenvalue weighted by atomic mass is 10.2. The van der Waals surface area contributed by atoms with Crippen LogP contribution in [0.15, 0.2) is 12.1 Å². The SMILES string of the molecule is CN(CC#N)C(=O)c1cc(F)c(Cl)cc1F. The average molecular weight is 245 g/mol. The smallest absolute Gasteiger partial charge is 0.257 e. The second-order valence-electron chi connectivity index (χ2n) is 3.07. The van der Waals surface area contributed by atoms with E-state index < -0.39 is 28.1 Å². The molecule has 1 amide bonds. The second-order valence-corrected chi connectivity index (χ2v) is 3.47. The van der Waals surface area contributed by atoms with E-state index in [4.69, 9.17) is 16.9 Å². The van der Waals surface area contributed by atoms with E-state index in [1.54, 1.807) is 6.07 Å². The van der Waals surface area contributed by atoms with Gasteiger partial charge in [-0.1, -0.05) is 11.6 Å². The van der Waals surface area contributed by atoms with Crippen LogP contribution in [0.25, 0.3) is 0 Å². The lowest BCUT2D eigenvalue weighted by Crippen LogP contribution is -2.27. The molecular formula is C10H7ClF2N2O. The zero-order chi connectivity index (χ0) is 12.3. The largest absolute Gasteiger partial charge is 0.328 e. The normalized spacial score (nSPS) is 9.69. The topological polar surface area (TPSA) is 44.1 Å². The first-order valence-corrected chi connectivity index (χ1v) is 4.62. The zero-order valence-corrected chi connectivity index (χ0v) is 9.05. The molecular weight excluding hydrogens is 238 g/mol. The molecule has 0 saturated heterocycles. The summed E-state index contributed by atoms with van der Waals surface area (Å²) in [6.07, 6.45) is 0. The van der Waals surface area contributed by atoms with Gasteiger partial charge in [0.1, 0.15) is 18.2 Å². The van der Waals surface area contributed by atoms with Gasteiger partial charge in [0, 0.05) is 7.05 Å². The third-order valence-electron chi connectivity index (χ3n) is 1.89. The summed E-state index contributed by atoms with van der Waals surface area (Å²) < 4.78 is 26.3. The fraction of sp³-hybridized carbons (Fsp3) is 0.200. The average Bonchev–Trinajstić information content (AvgIpc) is 2.23. The van der Waals surface area contributed by atoms with E-state index in [0.717, 1.165) is 11.0 Å². The first-order chi connectivity index (χ1) is 7.47. The van der Waals surface area contributed by atoms with Gasteiger partial charge < -0.3 is 4.90 Å². The highest BCUT2D eigenvalue weighted by Crippen LogP contribution is 2.20. The minimum atomic E-state index is -0.916. The van der Waals surface area contributed by atoms with Gasteiger partial charge in [0.15, 0.2) is 0 Å². The maximum atomic E-state index is 13.3. The van der Waals surface area contributed by atoms with Crippen LogP contribution in [0.1, 0.15) is 10.4 Å². The number of nitrogens with zero attached hydrogens (tertiary/aromatic N) is 2. The van der Waals surface area contributed by atoms with Gasteiger partial charge in [0.25, 0.3) is 5.91 Å². The predicted octanol–water partition coefficient (Wildman–Crippen LogP) is 2.21. The zero-order valence-electron chi connectivity index (χ0n) is 8.30. The van der Waals surface area contributed by atoms with Crippen LogP contribution < -0.4 is 0 Å². The highest BCUT2D eigenvalue weighted by Gasteiger charge is 2.18. The number of hydrogen-bond acceptors (Lipinski definition) is 2. The van der Waals surface area contributed by atoms with E-state index in [1.165, 1.54) is 7.05 Å². The van der Waals surface area contributed by atoms with Crippen LogP contribution in [-0.2, 0) is 0 Å². The second kappa shape index (κ2) is 4.90. The molecule has 0 aliphatic heterocycles. The first kappa shape index (κ1) is 12.4. The number of carbonyl (C=O) groups is 1. The molecule has 0 atom stereocenters. The molecule has 0 saturated carbocycles. The summed E-state index contributed by atoms with van der Waals surface area (Å²) in [5, 5.41) is 7.98. The third-order valence-corrected chi connectivity index (χ3v) is 2.18. The van der Waals surface area contributed by atoms with Crippen molar-refractivity contribution >= 4 is 17.5 Å². The highest BCUT2D eigenvalue weighted by atomic mass is 35.5. The van der Waals surface area contributed by atoms with Crippen molar-refractivity contribution in [3.8, 4) is 6.07 Å². The molecule has 0 spiro atoms. The molecule has 0 N–H and O–H groups in total. The Balaban J connectivity index is 3.10. The Kier molecular flexibility index (Phi) is 3.80. The number of halogens is 3. The molecule has 0 fully saturated rings. The van der Waals surface area contributed by atoms with E-state index >= 15 is 0 Å². The van der Waals surface area contributed by atoms with E-state index in [2.05, 4.69) is 0 Å². The summed E-state index contributed by atoms with van der Waals surface area (Å²) in [5.74, 6) is -2.56. The molecule has 0 heterocycles. The molecule has 16 heavy (non-hydrogen) atoms. The van der Waals surface area contributed by atoms with Crippen molar-refractivity contribution in [2.45, 2.75) is 0 Å². The number of rotatable bonds is 2. The van der Waals surface area contributed by atoms with Crippen molar-refractivity contribution in [3.05, 3.63) is 34.4 Å². The summed E-state index contributed by atoms with van der Waals surface area (Å²) in [6, 6.07) is 3.17. The third kappa shape index (κ3) is 2.47. The molecule has 0 aliphatic rings. The number of carbonyl (C=O) groups excluding carboxylic acids is 1. The van der Waals surface area contributed by atoms with Crippen molar-refractivity contribution in [1.29, 1.82) is 5.26 Å². The maximum Gasteiger partial charge on any atom is 0.257 e. The van der Waals surface area contributed by atoms with Gasteiger partial charge in [-0.15, -0.1) is 0 Å². The molecule has 0 radical (unpaired) electrons. The molecule has 0 bridgehead atoms. The molecule has 6 heteroatoms. The summed E-state index contributed by atoms with van der Waals surface area (Å²) in [5.41, 5.74) is -0.445. The molecule has 1 aromatic rings. The van der Waals surface area contributed by atoms with Crippen LogP contribution in [0.2, 0.25) is 5.02 Å². The van der Waals surface area contributed by atoms with E-state index in [1.807, 2.05) is 0 Å². The lowest BCUT2D eigenvalue weighted by Gasteiger charge is -2.13. The van der Waals surface area contributed by atoms with Gasteiger partial charge in [-0.05, 0) is 12.1 Å². The quantitative estimate of drug-likeness (QED) is 0.591. The Morgan fingerprint density at radius 2 is 2.12 bits per heavy atom. The van der Waals surface area contributed by atoms with Crippen LogP contribution >= 0.6 is 11.6 Å². The fourth-order valence-electron chi connectivity index (χ4n) is 1.07. The van der Waals surface area contributed by atoms with Crippen LogP contribution in [-0.4, -0.2) is 24.4 Å². The maximum absolute atomic E-state index is 13.3. The van der Waals surface area contributed by atoms with Gasteiger partial charge in [-0.25, -0.2) is 8.78 Å². The van der Waals surface area contributed by atoms with Crippen LogP contribution in [0, 0.1) is 23.0 Å². The van der Waals surface area contributed by atoms with Crippen LogP contribution in [0.4, 0.5) is 8.78 Å². The fourth-order valence-corrected chi connectivity index (χ4v) is 1.22. The molecule has 0 aromatic heterocycles. The number of amides is 1. The highest BCUT2D eigenvalue weighted by molar-refractivity contribution is 6.30. The Labute approximate surface area is 95.8 Å². The molecule has 3 nitrogen and oxygen atoms in total. The Bertz CT molecular complexity index is 471. The molecule has 84 valence electrons. The van der Waals surface area contributed by atoms with Crippen LogP contribution in [0.3, 0.4) is 0 Å². The van der Waals surface area contributed by atoms with Crippen LogP contribution in [0.5, 0.6) is 0 Å². The van der Waals surface area contributed by atoms with E-state index in [-0.39, 0.29) is 6.54 Å². The summed E-state index contributed by atoms with van der Waals surface area (Å²) in [4.78, 5) is 12.5. The van der Waals surface area contributed by atoms with Gasteiger partial charge in [-0.2, -0.15) is 5.26 Å². The van der Waals surface area contributed by atoms with Gasteiger partial charge in [0.2, 0.25) is 0 Å². The lowest BCUT2D eigenvalue weighted by molar-refractivity contribution is 0.0807. The molecule has 1 aromatic carbocycles. The van der Waals surface area contributed by atoms with Crippen molar-refractivity contribution in [1.82, 2.24) is 4.90 Å². The van der Waals surface area contributed by atoms with Crippen molar-refractivity contribution < 1.29 is 13.6 Å². The Morgan fingerprint density at radius 3 is 2.69 bits per heavy atom. The molecule has 1 rings (SSSR count). The first-order valence-electron chi connectivity index (χ1n) is 4.24. The van der Waals surface area contributed by atoms with Crippen molar-refractivity contribution in [2.24, 2.45) is 0 Å². The van der Waals surface area contributed by atoms with Gasteiger partial charge in [0.05, 0.1) is 16.7 Å². The monoisotopic (exact) mass is 244 g/mol. The summed E-state index contributed by atoms with van der Waals surface area (Å²) in [7, 11) is 1.32. The standard InChI is InChI=1S/C10H7ClF2N2O/c1-15(3-2-14)10(16)6-4-9(13)7(11)5-8(6)12/h4-5H,3H2,1H3. The number of nitriles is 1. The minimum Gasteiger partial charge on any atom is -0.328 e. The molecule has 0 aliphatic carbocycles. The van der Waals surface area contributed by atoms with E-state index in [9.17, 15) is 13.6 Å². The van der Waals surface area contributed by atoms with Crippen molar-refractivity contribution in [2.75, 3.05) is 13.6 Å². The molecule has 0 unspecified atom stereocenters. The Hall–Kier alpha value is -1.67. The number of benzene rings is 1. The van der Waals surface area contributed by atoms with Crippen molar-refractivity contribution in [3.63, 3.8) is 0 Å². The summed E-state index contributed by atoms with van der Waals surface area (Å²) >= 11 is 5.34. The Morgan fingerprint density at radius 1 is 1.50 bits per heavy atom. The minimum absolute atomic E-state index is 0.206. The number of hydrogen-bond donors (Lipinski definition) is 0. The van der Waals surface area contributed by atoms with E-state index in [0.29, 0.717) is 6.07 Å². The van der Waals surface area contributed by atoms with Gasteiger partial charge >= 0.3 is 0 Å². The predicted molar refractivity (Wildman–Crippen MR) is 53.9 cm³/mol. The summed E-state index contributed by atoms with van der Waals surface area (Å²) in [6.45, 7) is -0.206. The van der Waals surface area contributed by atoms with Gasteiger partial charge in [-0.3, -0.25) is 4.79 Å².